The number of hydrogen-bond donors (Lipinski definition) is 6. The summed E-state index contributed by atoms with van der Waals surface area (Å²) in [5.41, 5.74) is 10.5. The van der Waals surface area contributed by atoms with Gasteiger partial charge in [-0.3, -0.25) is 39.3 Å². The molecule has 8 N–H and O–H groups in total. The maximum absolute atomic E-state index is 11.0. The van der Waals surface area contributed by atoms with Gasteiger partial charge < -0.3 is 11.5 Å². The third-order valence-corrected chi connectivity index (χ3v) is 2.77. The number of aliphatic imine (C=N–C) groups is 6. The molecule has 4 rings (SSSR count). The highest BCUT2D eigenvalue weighted by molar-refractivity contribution is 7.79. The van der Waals surface area contributed by atoms with Gasteiger partial charge in [0.05, 0.1) is 0 Å². The van der Waals surface area contributed by atoms with Crippen LogP contribution in [0.4, 0.5) is 0 Å². The number of nitrogens with zero attached hydrogens (tertiary/aromatic N) is 6. The van der Waals surface area contributed by atoms with Crippen molar-refractivity contribution in [1.82, 2.24) is 10.6 Å². The Morgan fingerprint density at radius 2 is 1.19 bits per heavy atom. The molecule has 0 aromatic rings. The largest absolute Gasteiger partial charge is 0.394 e. The average molecular weight is 400 g/mol. The van der Waals surface area contributed by atoms with Gasteiger partial charge in [-0.05, 0) is 0 Å². The molecule has 0 fully saturated rings. The summed E-state index contributed by atoms with van der Waals surface area (Å²) in [4.78, 5) is 44.7. The first-order valence-corrected chi connectivity index (χ1v) is 8.13. The van der Waals surface area contributed by atoms with Crippen LogP contribution in [0.2, 0.25) is 0 Å². The molecule has 4 heterocycles. The third-order valence-electron chi connectivity index (χ3n) is 2.77. The lowest BCUT2D eigenvalue weighted by Gasteiger charge is -2.13. The van der Waals surface area contributed by atoms with Crippen molar-refractivity contribution in [3.05, 3.63) is 0 Å². The number of carbonyl (C=O) groups excluding carboxylic acids is 2. The quantitative estimate of drug-likeness (QED) is 0.217. The van der Waals surface area contributed by atoms with Crippen LogP contribution >= 0.6 is 0 Å². The van der Waals surface area contributed by atoms with Gasteiger partial charge in [-0.15, -0.1) is 0 Å². The number of fused-ring (bicyclic) bond motifs is 2. The molecule has 2 unspecified atom stereocenters. The molecule has 0 spiro atoms. The number of amides is 2. The molecule has 0 aromatic heterocycles. The van der Waals surface area contributed by atoms with Crippen molar-refractivity contribution in [2.24, 2.45) is 41.4 Å². The molecule has 0 radical (unpaired) electrons. The normalized spacial score (nSPS) is 24.4. The zero-order valence-corrected chi connectivity index (χ0v) is 13.9. The average Bonchev–Trinajstić information content (AvgIpc) is 3.14. The third kappa shape index (κ3) is 5.73. The van der Waals surface area contributed by atoms with Gasteiger partial charge in [0.1, 0.15) is 12.7 Å². The Labute approximate surface area is 150 Å². The summed E-state index contributed by atoms with van der Waals surface area (Å²) in [6.45, 7) is 0. The molecule has 4 aliphatic heterocycles. The van der Waals surface area contributed by atoms with Crippen LogP contribution in [0.25, 0.3) is 0 Å². The molecule has 2 amide bonds. The Bertz CT molecular complexity index is 876. The van der Waals surface area contributed by atoms with E-state index in [1.807, 2.05) is 0 Å². The molecule has 0 aliphatic carbocycles. The van der Waals surface area contributed by atoms with Gasteiger partial charge in [-0.25, -0.2) is 9.98 Å². The van der Waals surface area contributed by atoms with Crippen LogP contribution in [-0.2, 0) is 20.0 Å². The van der Waals surface area contributed by atoms with Crippen molar-refractivity contribution in [1.29, 1.82) is 0 Å². The highest BCUT2D eigenvalue weighted by atomic mass is 32.3. The first-order valence-electron chi connectivity index (χ1n) is 6.73. The van der Waals surface area contributed by atoms with E-state index in [4.69, 9.17) is 29.0 Å². The van der Waals surface area contributed by atoms with E-state index in [-0.39, 0.29) is 23.7 Å². The Morgan fingerprint density at radius 1 is 0.852 bits per heavy atom. The summed E-state index contributed by atoms with van der Waals surface area (Å²) in [6.07, 6.45) is 2.61. The molecule has 17 heteroatoms. The van der Waals surface area contributed by atoms with Crippen molar-refractivity contribution in [3.8, 4) is 0 Å². The smallest absolute Gasteiger partial charge is 0.369 e. The van der Waals surface area contributed by atoms with Crippen LogP contribution in [0, 0.1) is 0 Å². The molecule has 2 atom stereocenters. The van der Waals surface area contributed by atoms with E-state index in [2.05, 4.69) is 40.6 Å². The van der Waals surface area contributed by atoms with Crippen molar-refractivity contribution >= 4 is 58.5 Å². The fourth-order valence-electron chi connectivity index (χ4n) is 1.83. The first kappa shape index (κ1) is 19.8. The SMILES string of the molecule is NC1=NC2=NC=NC2C(=O)N1.NC1=NC2=NC=NC2C(=O)N1.O=S(=O)(O)O. The molecule has 144 valence electrons. The van der Waals surface area contributed by atoms with Gasteiger partial charge in [0, 0.05) is 0 Å². The summed E-state index contributed by atoms with van der Waals surface area (Å²) in [6, 6.07) is -1.16. The van der Waals surface area contributed by atoms with E-state index in [1.54, 1.807) is 0 Å². The van der Waals surface area contributed by atoms with Crippen LogP contribution in [0.5, 0.6) is 0 Å². The van der Waals surface area contributed by atoms with Gasteiger partial charge in [0.15, 0.2) is 23.8 Å². The summed E-state index contributed by atoms with van der Waals surface area (Å²) in [7, 11) is -4.67. The molecular formula is C10H12N10O6S. The number of carbonyl (C=O) groups is 2. The number of hydrogen-bond acceptors (Lipinski definition) is 12. The van der Waals surface area contributed by atoms with Crippen LogP contribution in [0.3, 0.4) is 0 Å². The second-order valence-corrected chi connectivity index (χ2v) is 5.62. The number of guanidine groups is 2. The minimum absolute atomic E-state index is 0.0792. The Balaban J connectivity index is 0.000000157. The van der Waals surface area contributed by atoms with E-state index < -0.39 is 22.5 Å². The second-order valence-electron chi connectivity index (χ2n) is 4.73. The number of nitrogens with one attached hydrogen (secondary N) is 2. The molecule has 0 aromatic carbocycles. The predicted octanol–water partition coefficient (Wildman–Crippen LogP) is -4.17. The van der Waals surface area contributed by atoms with Crippen molar-refractivity contribution < 1.29 is 27.1 Å². The number of nitrogens with two attached hydrogens (primary N) is 2. The lowest BCUT2D eigenvalue weighted by molar-refractivity contribution is -0.120. The molecule has 16 nitrogen and oxygen atoms in total. The lowest BCUT2D eigenvalue weighted by Crippen LogP contribution is -2.49. The summed E-state index contributed by atoms with van der Waals surface area (Å²) in [5, 5.41) is 4.69. The summed E-state index contributed by atoms with van der Waals surface area (Å²) in [5.74, 6) is 0.346. The second kappa shape index (κ2) is 7.76. The zero-order chi connectivity index (χ0) is 20.2. The summed E-state index contributed by atoms with van der Waals surface area (Å²) < 4.78 is 31.6. The topological polar surface area (TPSA) is 259 Å². The minimum atomic E-state index is -4.67. The van der Waals surface area contributed by atoms with Gasteiger partial charge in [0.2, 0.25) is 11.9 Å². The highest BCUT2D eigenvalue weighted by Crippen LogP contribution is 2.06. The van der Waals surface area contributed by atoms with Crippen molar-refractivity contribution in [2.45, 2.75) is 12.1 Å². The van der Waals surface area contributed by atoms with Crippen molar-refractivity contribution in [3.63, 3.8) is 0 Å². The molecule has 27 heavy (non-hydrogen) atoms. The van der Waals surface area contributed by atoms with E-state index in [9.17, 15) is 9.59 Å². The minimum Gasteiger partial charge on any atom is -0.369 e. The van der Waals surface area contributed by atoms with E-state index >= 15 is 0 Å². The maximum Gasteiger partial charge on any atom is 0.394 e. The molecule has 0 saturated carbocycles. The van der Waals surface area contributed by atoms with Crippen LogP contribution < -0.4 is 22.1 Å². The van der Waals surface area contributed by atoms with E-state index in [1.165, 1.54) is 12.7 Å². The van der Waals surface area contributed by atoms with E-state index in [0.717, 1.165) is 0 Å². The van der Waals surface area contributed by atoms with Gasteiger partial charge in [-0.2, -0.15) is 18.4 Å². The van der Waals surface area contributed by atoms with Gasteiger partial charge in [-0.1, -0.05) is 0 Å². The monoisotopic (exact) mass is 400 g/mol. The fraction of sp³-hybridized carbons (Fsp3) is 0.200. The van der Waals surface area contributed by atoms with Crippen LogP contribution in [0.1, 0.15) is 0 Å². The number of amidine groups is 2. The van der Waals surface area contributed by atoms with Gasteiger partial charge in [0.25, 0.3) is 11.8 Å². The molecular weight excluding hydrogens is 388 g/mol. The first-order chi connectivity index (χ1) is 12.5. The zero-order valence-electron chi connectivity index (χ0n) is 13.1. The predicted molar refractivity (Wildman–Crippen MR) is 93.1 cm³/mol. The maximum atomic E-state index is 11.0. The van der Waals surface area contributed by atoms with Gasteiger partial charge >= 0.3 is 10.4 Å². The molecule has 0 saturated heterocycles. The Morgan fingerprint density at radius 3 is 1.52 bits per heavy atom. The fourth-order valence-corrected chi connectivity index (χ4v) is 1.83. The van der Waals surface area contributed by atoms with Crippen molar-refractivity contribution in [2.75, 3.05) is 0 Å². The number of rotatable bonds is 0. The van der Waals surface area contributed by atoms with E-state index in [0.29, 0.717) is 11.7 Å². The van der Waals surface area contributed by atoms with Crippen LogP contribution in [0.15, 0.2) is 30.0 Å². The Hall–Kier alpha value is -3.57. The highest BCUT2D eigenvalue weighted by Gasteiger charge is 2.31. The van der Waals surface area contributed by atoms with Crippen LogP contribution in [-0.4, -0.2) is 77.7 Å². The lowest BCUT2D eigenvalue weighted by atomic mass is 10.2. The summed E-state index contributed by atoms with van der Waals surface area (Å²) >= 11 is 0. The molecule has 4 aliphatic rings. The molecule has 0 bridgehead atoms. The standard InChI is InChI=1S/2C5H5N5O.H2O4S/c2*6-5-9-3-2(4(11)10-5)7-1-8-3;1-5(2,3)4/h2*1-2H,(H3,6,7,8,9,10,11);(H2,1,2,3,4). The Kier molecular flexibility index (Phi) is 5.68.